The van der Waals surface area contributed by atoms with Crippen molar-refractivity contribution in [1.82, 2.24) is 0 Å². The largest absolute Gasteiger partial charge is 0.495 e. The molecule has 0 heterocycles. The normalized spacial score (nSPS) is 10.9. The van der Waals surface area contributed by atoms with Gasteiger partial charge in [0.15, 0.2) is 0 Å². The van der Waals surface area contributed by atoms with Crippen LogP contribution in [0.3, 0.4) is 0 Å². The lowest BCUT2D eigenvalue weighted by Crippen LogP contribution is -2.18. The van der Waals surface area contributed by atoms with Crippen LogP contribution in [-0.4, -0.2) is 13.2 Å². The molecule has 0 saturated carbocycles. The maximum Gasteiger partial charge on any atom is 0.417 e. The van der Waals surface area contributed by atoms with E-state index in [1.807, 2.05) is 36.4 Å². The first-order valence-corrected chi connectivity index (χ1v) is 7.12. The van der Waals surface area contributed by atoms with Crippen molar-refractivity contribution < 1.29 is 14.3 Å². The standard InChI is InChI=1S/C18H21NO3/c1-18(2,3)13-10-11-16(21-4)15(12-13)19-17(20)22-14-8-6-5-7-9-14/h5-12H,1-4H3,(H,19,20). The summed E-state index contributed by atoms with van der Waals surface area (Å²) in [4.78, 5) is 12.0. The van der Waals surface area contributed by atoms with E-state index in [0.29, 0.717) is 17.2 Å². The fraction of sp³-hybridized carbons (Fsp3) is 0.278. The summed E-state index contributed by atoms with van der Waals surface area (Å²) in [6.07, 6.45) is -0.546. The van der Waals surface area contributed by atoms with Gasteiger partial charge in [0.25, 0.3) is 0 Å². The highest BCUT2D eigenvalue weighted by Gasteiger charge is 2.17. The first kappa shape index (κ1) is 15.9. The molecule has 22 heavy (non-hydrogen) atoms. The summed E-state index contributed by atoms with van der Waals surface area (Å²) in [5.74, 6) is 1.09. The summed E-state index contributed by atoms with van der Waals surface area (Å²) < 4.78 is 10.5. The van der Waals surface area contributed by atoms with E-state index in [2.05, 4.69) is 26.1 Å². The van der Waals surface area contributed by atoms with Gasteiger partial charge in [0, 0.05) is 0 Å². The highest BCUT2D eigenvalue weighted by Crippen LogP contribution is 2.31. The zero-order valence-electron chi connectivity index (χ0n) is 13.3. The molecule has 1 N–H and O–H groups in total. The third-order valence-electron chi connectivity index (χ3n) is 3.26. The molecule has 4 nitrogen and oxygen atoms in total. The van der Waals surface area contributed by atoms with Gasteiger partial charge in [0.05, 0.1) is 12.8 Å². The third-order valence-corrected chi connectivity index (χ3v) is 3.26. The molecular formula is C18H21NO3. The number of ether oxygens (including phenoxy) is 2. The molecule has 1 amide bonds. The molecule has 0 bridgehead atoms. The number of amides is 1. The van der Waals surface area contributed by atoms with Crippen molar-refractivity contribution in [3.05, 3.63) is 54.1 Å². The molecule has 116 valence electrons. The zero-order valence-corrected chi connectivity index (χ0v) is 13.3. The summed E-state index contributed by atoms with van der Waals surface area (Å²) >= 11 is 0. The lowest BCUT2D eigenvalue weighted by Gasteiger charge is -2.21. The van der Waals surface area contributed by atoms with Crippen molar-refractivity contribution in [3.8, 4) is 11.5 Å². The average molecular weight is 299 g/mol. The molecule has 0 aromatic heterocycles. The Bertz CT molecular complexity index is 645. The van der Waals surface area contributed by atoms with Crippen molar-refractivity contribution >= 4 is 11.8 Å². The molecule has 0 saturated heterocycles. The minimum atomic E-state index is -0.546. The van der Waals surface area contributed by atoms with Gasteiger partial charge in [-0.2, -0.15) is 0 Å². The van der Waals surface area contributed by atoms with Gasteiger partial charge in [-0.25, -0.2) is 4.79 Å². The fourth-order valence-electron chi connectivity index (χ4n) is 2.00. The minimum absolute atomic E-state index is 0.0218. The van der Waals surface area contributed by atoms with Crippen LogP contribution in [0.1, 0.15) is 26.3 Å². The molecule has 0 aliphatic carbocycles. The van der Waals surface area contributed by atoms with Gasteiger partial charge in [-0.1, -0.05) is 45.0 Å². The Hall–Kier alpha value is -2.49. The van der Waals surface area contributed by atoms with Crippen LogP contribution < -0.4 is 14.8 Å². The number of rotatable bonds is 3. The Morgan fingerprint density at radius 2 is 1.73 bits per heavy atom. The van der Waals surface area contributed by atoms with E-state index in [-0.39, 0.29) is 5.41 Å². The van der Waals surface area contributed by atoms with Crippen LogP contribution in [-0.2, 0) is 5.41 Å². The number of methoxy groups -OCH3 is 1. The molecule has 0 aliphatic heterocycles. The van der Waals surface area contributed by atoms with Crippen molar-refractivity contribution in [3.63, 3.8) is 0 Å². The monoisotopic (exact) mass is 299 g/mol. The SMILES string of the molecule is COc1ccc(C(C)(C)C)cc1NC(=O)Oc1ccccc1. The van der Waals surface area contributed by atoms with Gasteiger partial charge in [-0.15, -0.1) is 0 Å². The first-order chi connectivity index (χ1) is 10.4. The Morgan fingerprint density at radius 1 is 1.05 bits per heavy atom. The zero-order chi connectivity index (χ0) is 16.2. The Balaban J connectivity index is 2.18. The molecule has 0 fully saturated rings. The number of hydrogen-bond acceptors (Lipinski definition) is 3. The molecular weight excluding hydrogens is 278 g/mol. The predicted octanol–water partition coefficient (Wildman–Crippen LogP) is 4.60. The van der Waals surface area contributed by atoms with Crippen molar-refractivity contribution in [2.75, 3.05) is 12.4 Å². The first-order valence-electron chi connectivity index (χ1n) is 7.12. The van der Waals surface area contributed by atoms with Crippen LogP contribution in [0.5, 0.6) is 11.5 Å². The Kier molecular flexibility index (Phi) is 4.71. The van der Waals surface area contributed by atoms with E-state index in [4.69, 9.17) is 9.47 Å². The minimum Gasteiger partial charge on any atom is -0.495 e. The van der Waals surface area contributed by atoms with Crippen molar-refractivity contribution in [2.24, 2.45) is 0 Å². The van der Waals surface area contributed by atoms with Gasteiger partial charge in [-0.3, -0.25) is 5.32 Å². The molecule has 2 aromatic carbocycles. The summed E-state index contributed by atoms with van der Waals surface area (Å²) in [7, 11) is 1.57. The third kappa shape index (κ3) is 4.01. The number of hydrogen-bond donors (Lipinski definition) is 1. The van der Waals surface area contributed by atoms with Crippen LogP contribution in [0.2, 0.25) is 0 Å². The van der Waals surface area contributed by atoms with Gasteiger partial charge in [-0.05, 0) is 35.2 Å². The van der Waals surface area contributed by atoms with E-state index in [9.17, 15) is 4.79 Å². The number of anilines is 1. The number of carbonyl (C=O) groups is 1. The van der Waals surface area contributed by atoms with E-state index in [0.717, 1.165) is 5.56 Å². The molecule has 2 aromatic rings. The second kappa shape index (κ2) is 6.52. The van der Waals surface area contributed by atoms with Gasteiger partial charge >= 0.3 is 6.09 Å². The van der Waals surface area contributed by atoms with Crippen LogP contribution in [0.4, 0.5) is 10.5 Å². The lowest BCUT2D eigenvalue weighted by atomic mass is 9.87. The fourth-order valence-corrected chi connectivity index (χ4v) is 2.00. The molecule has 2 rings (SSSR count). The molecule has 0 radical (unpaired) electrons. The predicted molar refractivity (Wildman–Crippen MR) is 87.8 cm³/mol. The van der Waals surface area contributed by atoms with Crippen LogP contribution in [0.15, 0.2) is 48.5 Å². The maximum atomic E-state index is 12.0. The molecule has 0 atom stereocenters. The van der Waals surface area contributed by atoms with E-state index in [1.54, 1.807) is 19.2 Å². The van der Waals surface area contributed by atoms with Crippen molar-refractivity contribution in [1.29, 1.82) is 0 Å². The lowest BCUT2D eigenvalue weighted by molar-refractivity contribution is 0.215. The van der Waals surface area contributed by atoms with Crippen LogP contribution in [0.25, 0.3) is 0 Å². The summed E-state index contributed by atoms with van der Waals surface area (Å²) in [6, 6.07) is 14.7. The number of carbonyl (C=O) groups excluding carboxylic acids is 1. The second-order valence-electron chi connectivity index (χ2n) is 5.99. The average Bonchev–Trinajstić information content (AvgIpc) is 2.47. The highest BCUT2D eigenvalue weighted by molar-refractivity contribution is 5.88. The Morgan fingerprint density at radius 3 is 2.32 bits per heavy atom. The maximum absolute atomic E-state index is 12.0. The summed E-state index contributed by atoms with van der Waals surface area (Å²) in [5.41, 5.74) is 1.67. The quantitative estimate of drug-likeness (QED) is 0.900. The second-order valence-corrected chi connectivity index (χ2v) is 5.99. The highest BCUT2D eigenvalue weighted by atomic mass is 16.6. The molecule has 0 aliphatic rings. The van der Waals surface area contributed by atoms with Gasteiger partial charge in [0.1, 0.15) is 11.5 Å². The summed E-state index contributed by atoms with van der Waals surface area (Å²) in [6.45, 7) is 6.34. The number of nitrogens with one attached hydrogen (secondary N) is 1. The van der Waals surface area contributed by atoms with E-state index >= 15 is 0 Å². The van der Waals surface area contributed by atoms with E-state index in [1.165, 1.54) is 0 Å². The van der Waals surface area contributed by atoms with Gasteiger partial charge < -0.3 is 9.47 Å². The van der Waals surface area contributed by atoms with Gasteiger partial charge in [0.2, 0.25) is 0 Å². The smallest absolute Gasteiger partial charge is 0.417 e. The Labute approximate surface area is 131 Å². The van der Waals surface area contributed by atoms with Crippen LogP contribution in [0, 0.1) is 0 Å². The summed E-state index contributed by atoms with van der Waals surface area (Å²) in [5, 5.41) is 2.74. The molecule has 4 heteroatoms. The van der Waals surface area contributed by atoms with Crippen molar-refractivity contribution in [2.45, 2.75) is 26.2 Å². The molecule has 0 spiro atoms. The van der Waals surface area contributed by atoms with Crippen LogP contribution >= 0.6 is 0 Å². The molecule has 0 unspecified atom stereocenters. The number of benzene rings is 2. The topological polar surface area (TPSA) is 47.6 Å². The number of para-hydroxylation sites is 1. The van der Waals surface area contributed by atoms with E-state index < -0.39 is 6.09 Å².